The normalized spacial score (nSPS) is 16.7. The van der Waals surface area contributed by atoms with Crippen molar-refractivity contribution in [2.45, 2.75) is 32.9 Å². The first-order chi connectivity index (χ1) is 16.7. The zero-order valence-electron chi connectivity index (χ0n) is 19.5. The zero-order chi connectivity index (χ0) is 25.3. The molecule has 0 saturated carbocycles. The van der Waals surface area contributed by atoms with Crippen LogP contribution in [0.4, 0.5) is 9.18 Å². The van der Waals surface area contributed by atoms with Crippen LogP contribution in [0.5, 0.6) is 5.75 Å². The van der Waals surface area contributed by atoms with Crippen molar-refractivity contribution in [2.75, 3.05) is 13.2 Å². The van der Waals surface area contributed by atoms with E-state index in [9.17, 15) is 14.0 Å². The molecule has 1 aliphatic rings. The molecule has 2 atom stereocenters. The van der Waals surface area contributed by atoms with E-state index < -0.39 is 24.0 Å². The number of amides is 3. The number of imidazole rings is 1. The Morgan fingerprint density at radius 1 is 1.20 bits per heavy atom. The van der Waals surface area contributed by atoms with Crippen molar-refractivity contribution in [3.05, 3.63) is 68.9 Å². The standard InChI is InChI=1S/C25H26FIN4O4/c1-13(2)22(23-28-14(3)20(29-23)18-9-6-16(27)12-19(18)26)31-24(33)21(30-25(31)34)15-4-7-17(8-5-15)35-11-10-32/h4-9,12-13,21-22,32H,10-11H2,1-3H3,(H,28,29)(H,30,34)/t21-,22+/m1/s1. The van der Waals surface area contributed by atoms with Crippen molar-refractivity contribution in [3.63, 3.8) is 0 Å². The molecule has 0 radical (unpaired) electrons. The first-order valence-electron chi connectivity index (χ1n) is 11.2. The molecule has 8 nitrogen and oxygen atoms in total. The molecule has 0 unspecified atom stereocenters. The van der Waals surface area contributed by atoms with E-state index in [1.54, 1.807) is 43.3 Å². The van der Waals surface area contributed by atoms with Crippen LogP contribution < -0.4 is 10.1 Å². The lowest BCUT2D eigenvalue weighted by Gasteiger charge is -2.27. The second-order valence-corrected chi connectivity index (χ2v) is 9.89. The lowest BCUT2D eigenvalue weighted by Crippen LogP contribution is -2.38. The van der Waals surface area contributed by atoms with Crippen molar-refractivity contribution >= 4 is 34.5 Å². The number of hydrogen-bond acceptors (Lipinski definition) is 5. The molecule has 184 valence electrons. The lowest BCUT2D eigenvalue weighted by molar-refractivity contribution is -0.130. The lowest BCUT2D eigenvalue weighted by atomic mass is 10.0. The third-order valence-electron chi connectivity index (χ3n) is 5.82. The van der Waals surface area contributed by atoms with Gasteiger partial charge in [-0.05, 0) is 71.3 Å². The third kappa shape index (κ3) is 5.03. The summed E-state index contributed by atoms with van der Waals surface area (Å²) in [6.07, 6.45) is 0. The topological polar surface area (TPSA) is 108 Å². The van der Waals surface area contributed by atoms with Gasteiger partial charge in [0.2, 0.25) is 0 Å². The number of aromatic nitrogens is 2. The second-order valence-electron chi connectivity index (χ2n) is 8.64. The predicted octanol–water partition coefficient (Wildman–Crippen LogP) is 4.49. The third-order valence-corrected chi connectivity index (χ3v) is 6.49. The highest BCUT2D eigenvalue weighted by molar-refractivity contribution is 14.1. The van der Waals surface area contributed by atoms with Gasteiger partial charge in [0, 0.05) is 14.8 Å². The number of carbonyl (C=O) groups excluding carboxylic acids is 2. The summed E-state index contributed by atoms with van der Waals surface area (Å²) in [5, 5.41) is 11.7. The van der Waals surface area contributed by atoms with Gasteiger partial charge < -0.3 is 20.1 Å². The van der Waals surface area contributed by atoms with Crippen LogP contribution in [-0.4, -0.2) is 45.1 Å². The minimum atomic E-state index is -0.847. The Morgan fingerprint density at radius 3 is 2.54 bits per heavy atom. The van der Waals surface area contributed by atoms with Gasteiger partial charge in [0.15, 0.2) is 0 Å². The summed E-state index contributed by atoms with van der Waals surface area (Å²) in [5.41, 5.74) is 2.06. The van der Waals surface area contributed by atoms with Gasteiger partial charge in [-0.2, -0.15) is 0 Å². The molecule has 3 N–H and O–H groups in total. The first kappa shape index (κ1) is 25.1. The molecular weight excluding hydrogens is 566 g/mol. The molecule has 0 spiro atoms. The summed E-state index contributed by atoms with van der Waals surface area (Å²) in [5.74, 6) is 0.0346. The molecule has 3 amide bonds. The number of rotatable bonds is 8. The number of nitrogens with zero attached hydrogens (tertiary/aromatic N) is 2. The highest BCUT2D eigenvalue weighted by Crippen LogP contribution is 2.36. The van der Waals surface area contributed by atoms with Crippen molar-refractivity contribution in [3.8, 4) is 17.0 Å². The highest BCUT2D eigenvalue weighted by Gasteiger charge is 2.45. The van der Waals surface area contributed by atoms with Crippen LogP contribution in [-0.2, 0) is 4.79 Å². The largest absolute Gasteiger partial charge is 0.491 e. The van der Waals surface area contributed by atoms with E-state index in [-0.39, 0.29) is 24.9 Å². The predicted molar refractivity (Wildman–Crippen MR) is 136 cm³/mol. The number of halogens is 2. The molecule has 2 heterocycles. The minimum absolute atomic E-state index is 0.103. The maximum Gasteiger partial charge on any atom is 0.325 e. The van der Waals surface area contributed by atoms with Crippen LogP contribution in [0.25, 0.3) is 11.3 Å². The molecule has 0 bridgehead atoms. The molecule has 1 aliphatic heterocycles. The molecule has 1 aromatic heterocycles. The number of nitrogens with one attached hydrogen (secondary N) is 2. The quantitative estimate of drug-likeness (QED) is 0.264. The Balaban J connectivity index is 1.63. The molecule has 10 heteroatoms. The number of aromatic amines is 1. The van der Waals surface area contributed by atoms with Crippen LogP contribution in [0.15, 0.2) is 42.5 Å². The number of imide groups is 1. The Labute approximate surface area is 216 Å². The van der Waals surface area contributed by atoms with Crippen molar-refractivity contribution in [2.24, 2.45) is 5.92 Å². The number of ether oxygens (including phenoxy) is 1. The van der Waals surface area contributed by atoms with E-state index in [0.717, 1.165) is 3.57 Å². The van der Waals surface area contributed by atoms with Gasteiger partial charge in [0.1, 0.15) is 36.1 Å². The summed E-state index contributed by atoms with van der Waals surface area (Å²) in [4.78, 5) is 35.4. The average Bonchev–Trinajstić information content (AvgIpc) is 3.32. The van der Waals surface area contributed by atoms with E-state index in [0.29, 0.717) is 34.1 Å². The van der Waals surface area contributed by atoms with E-state index >= 15 is 0 Å². The first-order valence-corrected chi connectivity index (χ1v) is 12.3. The average molecular weight is 592 g/mol. The Bertz CT molecular complexity index is 1240. The number of hydrogen-bond donors (Lipinski definition) is 3. The van der Waals surface area contributed by atoms with Crippen LogP contribution in [0, 0.1) is 22.2 Å². The monoisotopic (exact) mass is 592 g/mol. The van der Waals surface area contributed by atoms with Gasteiger partial charge in [0.25, 0.3) is 5.91 Å². The molecule has 0 aliphatic carbocycles. The number of aryl methyl sites for hydroxylation is 1. The second kappa shape index (κ2) is 10.3. The van der Waals surface area contributed by atoms with Crippen LogP contribution in [0.1, 0.15) is 43.0 Å². The Morgan fingerprint density at radius 2 is 1.91 bits per heavy atom. The summed E-state index contributed by atoms with van der Waals surface area (Å²) in [7, 11) is 0. The molecule has 3 aromatic rings. The van der Waals surface area contributed by atoms with Crippen molar-refractivity contribution in [1.29, 1.82) is 0 Å². The minimum Gasteiger partial charge on any atom is -0.491 e. The summed E-state index contributed by atoms with van der Waals surface area (Å²) < 4.78 is 20.8. The number of H-pyrrole nitrogens is 1. The summed E-state index contributed by atoms with van der Waals surface area (Å²) in [6, 6.07) is 9.66. The molecule has 1 fully saturated rings. The molecule has 2 aromatic carbocycles. The van der Waals surface area contributed by atoms with E-state index in [1.165, 1.54) is 11.0 Å². The number of aliphatic hydroxyl groups excluding tert-OH is 1. The van der Waals surface area contributed by atoms with Crippen molar-refractivity contribution in [1.82, 2.24) is 20.2 Å². The maximum atomic E-state index is 14.6. The van der Waals surface area contributed by atoms with Gasteiger partial charge >= 0.3 is 6.03 Å². The van der Waals surface area contributed by atoms with Crippen LogP contribution in [0.3, 0.4) is 0 Å². The number of benzene rings is 2. The van der Waals surface area contributed by atoms with E-state index in [2.05, 4.69) is 15.3 Å². The van der Waals surface area contributed by atoms with Gasteiger partial charge in [-0.15, -0.1) is 0 Å². The number of urea groups is 1. The number of aliphatic hydroxyl groups is 1. The summed E-state index contributed by atoms with van der Waals surface area (Å²) in [6.45, 7) is 5.65. The number of carbonyl (C=O) groups is 2. The fourth-order valence-corrected chi connectivity index (χ4v) is 4.66. The van der Waals surface area contributed by atoms with Gasteiger partial charge in [0.05, 0.1) is 12.3 Å². The van der Waals surface area contributed by atoms with E-state index in [4.69, 9.17) is 9.84 Å². The van der Waals surface area contributed by atoms with Crippen LogP contribution >= 0.6 is 22.6 Å². The molecular formula is C25H26FIN4O4. The van der Waals surface area contributed by atoms with E-state index in [1.807, 2.05) is 36.4 Å². The van der Waals surface area contributed by atoms with Gasteiger partial charge in [-0.1, -0.05) is 26.0 Å². The summed E-state index contributed by atoms with van der Waals surface area (Å²) >= 11 is 2.04. The maximum absolute atomic E-state index is 14.6. The highest BCUT2D eigenvalue weighted by atomic mass is 127. The van der Waals surface area contributed by atoms with Gasteiger partial charge in [-0.25, -0.2) is 14.2 Å². The van der Waals surface area contributed by atoms with Gasteiger partial charge in [-0.3, -0.25) is 9.69 Å². The molecule has 4 rings (SSSR count). The Hall–Kier alpha value is -2.99. The fraction of sp³-hybridized carbons (Fsp3) is 0.320. The molecule has 1 saturated heterocycles. The fourth-order valence-electron chi connectivity index (χ4n) is 4.21. The molecule has 35 heavy (non-hydrogen) atoms. The zero-order valence-corrected chi connectivity index (χ0v) is 21.7. The Kier molecular flexibility index (Phi) is 7.41. The van der Waals surface area contributed by atoms with Crippen LogP contribution in [0.2, 0.25) is 0 Å². The van der Waals surface area contributed by atoms with Crippen molar-refractivity contribution < 1.29 is 23.8 Å². The SMILES string of the molecule is Cc1[nH]c([C@H](C(C)C)N2C(=O)N[C@H](c3ccc(OCCO)cc3)C2=O)nc1-c1ccc(I)cc1F. The smallest absolute Gasteiger partial charge is 0.325 e.